The minimum Gasteiger partial charge on any atom is -0.478 e. The van der Waals surface area contributed by atoms with E-state index in [0.717, 1.165) is 0 Å². The van der Waals surface area contributed by atoms with Crippen LogP contribution in [0, 0.1) is 0 Å². The molecular formula is C14H10ClNO5. The summed E-state index contributed by atoms with van der Waals surface area (Å²) in [6.45, 7) is 0. The summed E-state index contributed by atoms with van der Waals surface area (Å²) in [6.07, 6.45) is 0. The molecule has 0 fully saturated rings. The van der Waals surface area contributed by atoms with Gasteiger partial charge in [-0.25, -0.2) is 9.59 Å². The van der Waals surface area contributed by atoms with Gasteiger partial charge in [-0.1, -0.05) is 17.7 Å². The molecule has 0 aliphatic heterocycles. The number of esters is 1. The standard InChI is InChI=1S/C14H10ClNO5/c15-8-4-6-9(7-5-8)20-14(19)10-2-1-3-11(21-16)12(10)13(17)18/h1-7H,16H2,(H,17,18). The van der Waals surface area contributed by atoms with Crippen LogP contribution < -0.4 is 15.5 Å². The van der Waals surface area contributed by atoms with Crippen molar-refractivity contribution in [2.75, 3.05) is 0 Å². The van der Waals surface area contributed by atoms with E-state index in [2.05, 4.69) is 4.84 Å². The summed E-state index contributed by atoms with van der Waals surface area (Å²) in [7, 11) is 0. The van der Waals surface area contributed by atoms with Gasteiger partial charge >= 0.3 is 11.9 Å². The van der Waals surface area contributed by atoms with Crippen molar-refractivity contribution in [1.82, 2.24) is 0 Å². The first-order valence-electron chi connectivity index (χ1n) is 5.73. The second-order valence-electron chi connectivity index (χ2n) is 3.95. The van der Waals surface area contributed by atoms with Crippen molar-refractivity contribution in [3.63, 3.8) is 0 Å². The number of hydrogen-bond acceptors (Lipinski definition) is 5. The highest BCUT2D eigenvalue weighted by Gasteiger charge is 2.23. The van der Waals surface area contributed by atoms with Crippen molar-refractivity contribution in [2.24, 2.45) is 5.90 Å². The van der Waals surface area contributed by atoms with Crippen LogP contribution in [0.1, 0.15) is 20.7 Å². The van der Waals surface area contributed by atoms with Crippen LogP contribution in [0.25, 0.3) is 0 Å². The number of carboxylic acid groups (broad SMARTS) is 1. The molecular weight excluding hydrogens is 298 g/mol. The van der Waals surface area contributed by atoms with Crippen molar-refractivity contribution < 1.29 is 24.3 Å². The minimum absolute atomic E-state index is 0.131. The normalized spacial score (nSPS) is 10.0. The summed E-state index contributed by atoms with van der Waals surface area (Å²) in [5, 5.41) is 9.65. The van der Waals surface area contributed by atoms with Gasteiger partial charge in [0.25, 0.3) is 0 Å². The fourth-order valence-electron chi connectivity index (χ4n) is 1.68. The van der Waals surface area contributed by atoms with Gasteiger partial charge in [0.2, 0.25) is 0 Å². The highest BCUT2D eigenvalue weighted by Crippen LogP contribution is 2.24. The van der Waals surface area contributed by atoms with Gasteiger partial charge in [-0.05, 0) is 36.4 Å². The number of rotatable bonds is 4. The SMILES string of the molecule is NOc1cccc(C(=O)Oc2ccc(Cl)cc2)c1C(=O)O. The smallest absolute Gasteiger partial charge is 0.344 e. The molecule has 0 atom stereocenters. The Labute approximate surface area is 124 Å². The van der Waals surface area contributed by atoms with Gasteiger partial charge in [0.05, 0.1) is 5.56 Å². The average Bonchev–Trinajstić information content (AvgIpc) is 2.48. The number of carbonyl (C=O) groups is 2. The van der Waals surface area contributed by atoms with E-state index < -0.39 is 11.9 Å². The van der Waals surface area contributed by atoms with Gasteiger partial charge in [-0.2, -0.15) is 5.90 Å². The molecule has 2 aromatic rings. The van der Waals surface area contributed by atoms with E-state index in [1.165, 1.54) is 30.3 Å². The maximum absolute atomic E-state index is 12.1. The number of nitrogens with two attached hydrogens (primary N) is 1. The Morgan fingerprint density at radius 1 is 1.10 bits per heavy atom. The lowest BCUT2D eigenvalue weighted by molar-refractivity contribution is 0.0663. The van der Waals surface area contributed by atoms with Crippen molar-refractivity contribution in [1.29, 1.82) is 0 Å². The largest absolute Gasteiger partial charge is 0.478 e. The molecule has 0 aromatic heterocycles. The Morgan fingerprint density at radius 2 is 1.76 bits per heavy atom. The Bertz CT molecular complexity index is 684. The van der Waals surface area contributed by atoms with Gasteiger partial charge in [0.1, 0.15) is 11.3 Å². The summed E-state index contributed by atoms with van der Waals surface area (Å²) >= 11 is 5.72. The summed E-state index contributed by atoms with van der Waals surface area (Å²) in [5.74, 6) is 2.91. The van der Waals surface area contributed by atoms with Crippen LogP contribution in [0.5, 0.6) is 11.5 Å². The van der Waals surface area contributed by atoms with Crippen LogP contribution in [-0.2, 0) is 0 Å². The predicted molar refractivity (Wildman–Crippen MR) is 74.6 cm³/mol. The molecule has 0 saturated carbocycles. The molecule has 0 amide bonds. The lowest BCUT2D eigenvalue weighted by Gasteiger charge is -2.09. The van der Waals surface area contributed by atoms with Crippen LogP contribution in [0.4, 0.5) is 0 Å². The molecule has 0 spiro atoms. The second-order valence-corrected chi connectivity index (χ2v) is 4.38. The van der Waals surface area contributed by atoms with E-state index in [9.17, 15) is 9.59 Å². The van der Waals surface area contributed by atoms with Gasteiger partial charge in [0.15, 0.2) is 5.75 Å². The van der Waals surface area contributed by atoms with Crippen LogP contribution in [0.3, 0.4) is 0 Å². The summed E-state index contributed by atoms with van der Waals surface area (Å²) in [5.41, 5.74) is -0.528. The average molecular weight is 308 g/mol. The number of halogens is 1. The summed E-state index contributed by atoms with van der Waals surface area (Å²) < 4.78 is 5.09. The Balaban J connectivity index is 2.35. The molecule has 2 aromatic carbocycles. The van der Waals surface area contributed by atoms with Gasteiger partial charge in [-0.15, -0.1) is 0 Å². The zero-order valence-electron chi connectivity index (χ0n) is 10.6. The molecule has 108 valence electrons. The van der Waals surface area contributed by atoms with E-state index in [0.29, 0.717) is 5.02 Å². The number of benzene rings is 2. The molecule has 3 N–H and O–H groups in total. The van der Waals surface area contributed by atoms with Crippen molar-refractivity contribution in [2.45, 2.75) is 0 Å². The van der Waals surface area contributed by atoms with Crippen molar-refractivity contribution in [3.05, 3.63) is 58.6 Å². The third-order valence-corrected chi connectivity index (χ3v) is 2.86. The first-order chi connectivity index (χ1) is 10.0. The van der Waals surface area contributed by atoms with Crippen LogP contribution in [-0.4, -0.2) is 17.0 Å². The van der Waals surface area contributed by atoms with Crippen molar-refractivity contribution in [3.8, 4) is 11.5 Å². The zero-order chi connectivity index (χ0) is 15.4. The minimum atomic E-state index is -1.35. The molecule has 0 saturated heterocycles. The first kappa shape index (κ1) is 14.8. The molecule has 21 heavy (non-hydrogen) atoms. The summed E-state index contributed by atoms with van der Waals surface area (Å²) in [4.78, 5) is 27.8. The number of hydrogen-bond donors (Lipinski definition) is 2. The number of aromatic carboxylic acids is 1. The molecule has 0 bridgehead atoms. The summed E-state index contributed by atoms with van der Waals surface area (Å²) in [6, 6.07) is 10.1. The predicted octanol–water partition coefficient (Wildman–Crippen LogP) is 2.51. The fourth-order valence-corrected chi connectivity index (χ4v) is 1.81. The molecule has 0 aliphatic rings. The third kappa shape index (κ3) is 3.31. The molecule has 0 unspecified atom stereocenters. The topological polar surface area (TPSA) is 98.9 Å². The first-order valence-corrected chi connectivity index (χ1v) is 6.11. The van der Waals surface area contributed by atoms with Crippen molar-refractivity contribution >= 4 is 23.5 Å². The maximum Gasteiger partial charge on any atom is 0.344 e. The number of ether oxygens (including phenoxy) is 1. The lowest BCUT2D eigenvalue weighted by atomic mass is 10.1. The van der Waals surface area contributed by atoms with Gasteiger partial charge < -0.3 is 14.7 Å². The monoisotopic (exact) mass is 307 g/mol. The Hall–Kier alpha value is -2.57. The highest BCUT2D eigenvalue weighted by atomic mass is 35.5. The lowest BCUT2D eigenvalue weighted by Crippen LogP contribution is -2.16. The number of carbonyl (C=O) groups excluding carboxylic acids is 1. The molecule has 0 heterocycles. The third-order valence-electron chi connectivity index (χ3n) is 2.61. The quantitative estimate of drug-likeness (QED) is 0.511. The Morgan fingerprint density at radius 3 is 2.33 bits per heavy atom. The highest BCUT2D eigenvalue weighted by molar-refractivity contribution is 6.30. The van der Waals surface area contributed by atoms with Gasteiger partial charge in [0, 0.05) is 5.02 Å². The maximum atomic E-state index is 12.1. The van der Waals surface area contributed by atoms with E-state index in [1.807, 2.05) is 0 Å². The Kier molecular flexibility index (Phi) is 4.42. The molecule has 7 heteroatoms. The number of carboxylic acids is 1. The van der Waals surface area contributed by atoms with Gasteiger partial charge in [-0.3, -0.25) is 0 Å². The molecule has 0 aliphatic carbocycles. The van der Waals surface area contributed by atoms with E-state index in [4.69, 9.17) is 27.3 Å². The molecule has 0 radical (unpaired) electrons. The van der Waals surface area contributed by atoms with Crippen LogP contribution in [0.2, 0.25) is 5.02 Å². The van der Waals surface area contributed by atoms with Crippen LogP contribution in [0.15, 0.2) is 42.5 Å². The van der Waals surface area contributed by atoms with Crippen LogP contribution >= 0.6 is 11.6 Å². The zero-order valence-corrected chi connectivity index (χ0v) is 11.3. The van der Waals surface area contributed by atoms with E-state index in [1.54, 1.807) is 12.1 Å². The molecule has 2 rings (SSSR count). The van der Waals surface area contributed by atoms with E-state index in [-0.39, 0.29) is 22.6 Å². The fraction of sp³-hybridized carbons (Fsp3) is 0. The second kappa shape index (κ2) is 6.25. The molecule has 6 nitrogen and oxygen atoms in total. The van der Waals surface area contributed by atoms with E-state index >= 15 is 0 Å².